The van der Waals surface area contributed by atoms with E-state index in [-0.39, 0.29) is 11.8 Å². The fourth-order valence-corrected chi connectivity index (χ4v) is 3.06. The molecule has 1 atom stereocenters. The average Bonchev–Trinajstić information content (AvgIpc) is 3.13. The number of nitrogens with zero attached hydrogens (tertiary/aromatic N) is 1. The molecule has 3 nitrogen and oxygen atoms in total. The molecule has 1 N–H and O–H groups in total. The summed E-state index contributed by atoms with van der Waals surface area (Å²) in [7, 11) is 0. The molecule has 1 aliphatic heterocycles. The summed E-state index contributed by atoms with van der Waals surface area (Å²) in [5, 5.41) is 9.40. The molecule has 3 heteroatoms. The van der Waals surface area contributed by atoms with Gasteiger partial charge in [-0.2, -0.15) is 0 Å². The van der Waals surface area contributed by atoms with E-state index < -0.39 is 0 Å². The van der Waals surface area contributed by atoms with Gasteiger partial charge in [-0.05, 0) is 47.4 Å². The fourth-order valence-electron chi connectivity index (χ4n) is 3.06. The lowest BCUT2D eigenvalue weighted by atomic mass is 10.0. The van der Waals surface area contributed by atoms with Gasteiger partial charge in [0.05, 0.1) is 0 Å². The molecule has 1 aliphatic rings. The van der Waals surface area contributed by atoms with Gasteiger partial charge in [0.25, 0.3) is 0 Å². The molecular weight excluding hydrogens is 310 g/mol. The summed E-state index contributed by atoms with van der Waals surface area (Å²) < 4.78 is 5.84. The van der Waals surface area contributed by atoms with E-state index in [2.05, 4.69) is 37.3 Å². The third kappa shape index (κ3) is 3.13. The Kier molecular flexibility index (Phi) is 3.98. The summed E-state index contributed by atoms with van der Waals surface area (Å²) in [6.07, 6.45) is 0. The number of phenolic OH excluding ortho intramolecular Hbond substituents is 1. The highest BCUT2D eigenvalue weighted by Crippen LogP contribution is 2.28. The predicted molar refractivity (Wildman–Crippen MR) is 100.0 cm³/mol. The van der Waals surface area contributed by atoms with E-state index in [1.54, 1.807) is 12.1 Å². The van der Waals surface area contributed by atoms with Crippen LogP contribution in [0.25, 0.3) is 11.1 Å². The lowest BCUT2D eigenvalue weighted by Crippen LogP contribution is -2.03. The first-order valence-electron chi connectivity index (χ1n) is 8.37. The van der Waals surface area contributed by atoms with Crippen molar-refractivity contribution in [1.82, 2.24) is 0 Å². The van der Waals surface area contributed by atoms with Crippen LogP contribution in [0, 0.1) is 6.92 Å². The molecule has 0 fully saturated rings. The number of phenols is 1. The number of hydrogen-bond donors (Lipinski definition) is 1. The molecule has 0 saturated heterocycles. The molecule has 124 valence electrons. The van der Waals surface area contributed by atoms with Gasteiger partial charge < -0.3 is 9.84 Å². The molecule has 1 unspecified atom stereocenters. The van der Waals surface area contributed by atoms with Gasteiger partial charge in [0, 0.05) is 5.56 Å². The van der Waals surface area contributed by atoms with Crippen molar-refractivity contribution in [3.63, 3.8) is 0 Å². The standard InChI is InChI=1S/C22H19NO2/c1-15-4-2-3-5-20(15)22-23-21(14-25-22)18-8-6-16(7-9-18)17-10-12-19(24)13-11-17/h2-13,21,24H,14H2,1H3. The van der Waals surface area contributed by atoms with Crippen molar-refractivity contribution in [3.05, 3.63) is 89.5 Å². The van der Waals surface area contributed by atoms with Crippen LogP contribution in [0.5, 0.6) is 5.75 Å². The highest BCUT2D eigenvalue weighted by Gasteiger charge is 2.22. The third-order valence-electron chi connectivity index (χ3n) is 4.52. The Balaban J connectivity index is 1.57. The van der Waals surface area contributed by atoms with Gasteiger partial charge in [-0.3, -0.25) is 0 Å². The summed E-state index contributed by atoms with van der Waals surface area (Å²) in [6, 6.07) is 23.8. The lowest BCUT2D eigenvalue weighted by molar-refractivity contribution is 0.319. The van der Waals surface area contributed by atoms with Crippen LogP contribution < -0.4 is 0 Å². The van der Waals surface area contributed by atoms with Crippen LogP contribution in [0.1, 0.15) is 22.7 Å². The second kappa shape index (κ2) is 6.44. The maximum atomic E-state index is 9.40. The van der Waals surface area contributed by atoms with E-state index in [4.69, 9.17) is 9.73 Å². The van der Waals surface area contributed by atoms with Gasteiger partial charge in [-0.1, -0.05) is 54.6 Å². The smallest absolute Gasteiger partial charge is 0.217 e. The van der Waals surface area contributed by atoms with Gasteiger partial charge in [-0.15, -0.1) is 0 Å². The Hall–Kier alpha value is -3.07. The van der Waals surface area contributed by atoms with E-state index in [1.807, 2.05) is 30.3 Å². The SMILES string of the molecule is Cc1ccccc1C1=NC(c2ccc(-c3ccc(O)cc3)cc2)CO1. The third-order valence-corrected chi connectivity index (χ3v) is 4.52. The van der Waals surface area contributed by atoms with Crippen molar-refractivity contribution in [1.29, 1.82) is 0 Å². The molecule has 0 spiro atoms. The molecule has 0 saturated carbocycles. The number of rotatable bonds is 3. The number of aliphatic imine (C=N–C) groups is 1. The Morgan fingerprint density at radius 3 is 2.20 bits per heavy atom. The highest BCUT2D eigenvalue weighted by molar-refractivity contribution is 5.96. The molecule has 0 radical (unpaired) electrons. The lowest BCUT2D eigenvalue weighted by Gasteiger charge is -2.07. The van der Waals surface area contributed by atoms with E-state index in [1.165, 1.54) is 5.56 Å². The minimum atomic E-state index is 0.0310. The fraction of sp³-hybridized carbons (Fsp3) is 0.136. The van der Waals surface area contributed by atoms with Crippen LogP contribution in [0.2, 0.25) is 0 Å². The maximum absolute atomic E-state index is 9.40. The minimum absolute atomic E-state index is 0.0310. The number of aryl methyl sites for hydroxylation is 1. The van der Waals surface area contributed by atoms with Crippen LogP contribution in [0.3, 0.4) is 0 Å². The topological polar surface area (TPSA) is 41.8 Å². The summed E-state index contributed by atoms with van der Waals surface area (Å²) >= 11 is 0. The van der Waals surface area contributed by atoms with Gasteiger partial charge in [-0.25, -0.2) is 4.99 Å². The first-order chi connectivity index (χ1) is 12.2. The molecule has 0 aliphatic carbocycles. The second-order valence-corrected chi connectivity index (χ2v) is 6.24. The number of ether oxygens (including phenoxy) is 1. The zero-order chi connectivity index (χ0) is 17.2. The Bertz CT molecular complexity index is 912. The van der Waals surface area contributed by atoms with Crippen LogP contribution >= 0.6 is 0 Å². The minimum Gasteiger partial charge on any atom is -0.508 e. The summed E-state index contributed by atoms with van der Waals surface area (Å²) in [5.74, 6) is 1.01. The van der Waals surface area contributed by atoms with Crippen molar-refractivity contribution < 1.29 is 9.84 Å². The van der Waals surface area contributed by atoms with Crippen molar-refractivity contribution in [2.24, 2.45) is 4.99 Å². The quantitative estimate of drug-likeness (QED) is 0.743. The van der Waals surface area contributed by atoms with Crippen molar-refractivity contribution >= 4 is 5.90 Å². The van der Waals surface area contributed by atoms with Crippen molar-refractivity contribution in [3.8, 4) is 16.9 Å². The number of hydrogen-bond acceptors (Lipinski definition) is 3. The Morgan fingerprint density at radius 2 is 1.52 bits per heavy atom. The molecule has 25 heavy (non-hydrogen) atoms. The van der Waals surface area contributed by atoms with E-state index in [9.17, 15) is 5.11 Å². The molecule has 0 aromatic heterocycles. The predicted octanol–water partition coefficient (Wildman–Crippen LogP) is 4.89. The van der Waals surface area contributed by atoms with Gasteiger partial charge >= 0.3 is 0 Å². The zero-order valence-electron chi connectivity index (χ0n) is 14.0. The normalized spacial score (nSPS) is 16.4. The van der Waals surface area contributed by atoms with E-state index >= 15 is 0 Å². The second-order valence-electron chi connectivity index (χ2n) is 6.24. The van der Waals surface area contributed by atoms with Crippen molar-refractivity contribution in [2.45, 2.75) is 13.0 Å². The van der Waals surface area contributed by atoms with E-state index in [0.29, 0.717) is 6.61 Å². The maximum Gasteiger partial charge on any atom is 0.217 e. The first-order valence-corrected chi connectivity index (χ1v) is 8.37. The van der Waals surface area contributed by atoms with Crippen LogP contribution in [0.4, 0.5) is 0 Å². The molecule has 0 amide bonds. The monoisotopic (exact) mass is 329 g/mol. The summed E-state index contributed by atoms with van der Waals surface area (Å²) in [5.41, 5.74) is 5.57. The number of aromatic hydroxyl groups is 1. The van der Waals surface area contributed by atoms with Crippen molar-refractivity contribution in [2.75, 3.05) is 6.61 Å². The largest absolute Gasteiger partial charge is 0.508 e. The number of benzene rings is 3. The van der Waals surface area contributed by atoms with Crippen LogP contribution in [-0.2, 0) is 4.74 Å². The van der Waals surface area contributed by atoms with Gasteiger partial charge in [0.2, 0.25) is 5.90 Å². The van der Waals surface area contributed by atoms with Gasteiger partial charge in [0.15, 0.2) is 0 Å². The highest BCUT2D eigenvalue weighted by atomic mass is 16.5. The summed E-state index contributed by atoms with van der Waals surface area (Å²) in [4.78, 5) is 4.76. The Morgan fingerprint density at radius 1 is 0.880 bits per heavy atom. The Labute approximate surface area is 147 Å². The molecule has 0 bridgehead atoms. The summed E-state index contributed by atoms with van der Waals surface area (Å²) in [6.45, 7) is 2.64. The van der Waals surface area contributed by atoms with Crippen LogP contribution in [0.15, 0.2) is 77.8 Å². The zero-order valence-corrected chi connectivity index (χ0v) is 14.0. The molecule has 3 aromatic rings. The molecule has 3 aromatic carbocycles. The molecular formula is C22H19NO2. The van der Waals surface area contributed by atoms with E-state index in [0.717, 1.165) is 28.2 Å². The first kappa shape index (κ1) is 15.5. The average molecular weight is 329 g/mol. The van der Waals surface area contributed by atoms with Crippen LogP contribution in [-0.4, -0.2) is 17.6 Å². The molecule has 1 heterocycles. The van der Waals surface area contributed by atoms with Gasteiger partial charge in [0.1, 0.15) is 18.4 Å². The molecule has 4 rings (SSSR count).